The second kappa shape index (κ2) is 10.5. The van der Waals surface area contributed by atoms with E-state index in [0.29, 0.717) is 28.4 Å². The summed E-state index contributed by atoms with van der Waals surface area (Å²) in [5, 5.41) is 3.32. The maximum Gasteiger partial charge on any atom is 0.343 e. The van der Waals surface area contributed by atoms with Gasteiger partial charge in [-0.25, -0.2) is 9.79 Å². The van der Waals surface area contributed by atoms with Crippen molar-refractivity contribution in [2.24, 2.45) is 16.5 Å². The zero-order chi connectivity index (χ0) is 23.1. The Morgan fingerprint density at radius 1 is 1.03 bits per heavy atom. The number of nitrogens with two attached hydrogens (primary N) is 2. The number of nitrogens with zero attached hydrogens (tertiary/aromatic N) is 1. The highest BCUT2D eigenvalue weighted by molar-refractivity contribution is 6.31. The quantitative estimate of drug-likeness (QED) is 0.214. The number of para-hydroxylation sites is 1. The van der Waals surface area contributed by atoms with Gasteiger partial charge in [-0.15, -0.1) is 0 Å². The van der Waals surface area contributed by atoms with Gasteiger partial charge in [0.15, 0.2) is 5.96 Å². The minimum atomic E-state index is -0.539. The van der Waals surface area contributed by atoms with Gasteiger partial charge in [0.2, 0.25) is 5.91 Å². The molecule has 1 amide bonds. The Labute approximate surface area is 191 Å². The summed E-state index contributed by atoms with van der Waals surface area (Å²) >= 11 is 6.34. The highest BCUT2D eigenvalue weighted by Gasteiger charge is 2.12. The minimum absolute atomic E-state index is 0.0669. The number of anilines is 1. The molecule has 0 atom stereocenters. The number of hydrogen-bond acceptors (Lipinski definition) is 4. The lowest BCUT2D eigenvalue weighted by atomic mass is 10.1. The normalized spacial score (nSPS) is 10.3. The van der Waals surface area contributed by atoms with Crippen molar-refractivity contribution in [3.63, 3.8) is 0 Å². The van der Waals surface area contributed by atoms with E-state index in [-0.39, 0.29) is 18.3 Å². The molecule has 0 spiro atoms. The van der Waals surface area contributed by atoms with Crippen LogP contribution in [0.15, 0.2) is 71.7 Å². The van der Waals surface area contributed by atoms with Gasteiger partial charge < -0.3 is 21.5 Å². The van der Waals surface area contributed by atoms with Crippen molar-refractivity contribution in [3.8, 4) is 5.75 Å². The molecule has 32 heavy (non-hydrogen) atoms. The minimum Gasteiger partial charge on any atom is -0.423 e. The van der Waals surface area contributed by atoms with Crippen molar-refractivity contribution in [2.45, 2.75) is 19.8 Å². The lowest BCUT2D eigenvalue weighted by Crippen LogP contribution is -2.21. The van der Waals surface area contributed by atoms with Crippen molar-refractivity contribution >= 4 is 40.8 Å². The van der Waals surface area contributed by atoms with Gasteiger partial charge in [0, 0.05) is 17.1 Å². The zero-order valence-corrected chi connectivity index (χ0v) is 18.2. The number of carbonyl (C=O) groups excluding carboxylic acids is 2. The van der Waals surface area contributed by atoms with Crippen molar-refractivity contribution < 1.29 is 14.3 Å². The van der Waals surface area contributed by atoms with E-state index >= 15 is 0 Å². The van der Waals surface area contributed by atoms with Crippen molar-refractivity contribution in [1.82, 2.24) is 0 Å². The number of benzene rings is 3. The number of esters is 1. The predicted molar refractivity (Wildman–Crippen MR) is 126 cm³/mol. The largest absolute Gasteiger partial charge is 0.423 e. The smallest absolute Gasteiger partial charge is 0.343 e. The molecule has 0 aliphatic heterocycles. The fourth-order valence-corrected chi connectivity index (χ4v) is 3.22. The van der Waals surface area contributed by atoms with E-state index in [4.69, 9.17) is 27.8 Å². The number of aryl methyl sites for hydroxylation is 2. The molecular weight excluding hydrogens is 428 g/mol. The number of ether oxygens (including phenoxy) is 1. The van der Waals surface area contributed by atoms with E-state index in [1.165, 1.54) is 0 Å². The van der Waals surface area contributed by atoms with Crippen molar-refractivity contribution in [2.75, 3.05) is 5.32 Å². The Bertz CT molecular complexity index is 1160. The first kappa shape index (κ1) is 22.8. The molecule has 0 bridgehead atoms. The summed E-state index contributed by atoms with van der Waals surface area (Å²) in [7, 11) is 0. The molecule has 5 N–H and O–H groups in total. The van der Waals surface area contributed by atoms with Crippen LogP contribution in [0.3, 0.4) is 0 Å². The van der Waals surface area contributed by atoms with E-state index < -0.39 is 5.97 Å². The van der Waals surface area contributed by atoms with Crippen LogP contribution in [-0.2, 0) is 11.2 Å². The second-order valence-corrected chi connectivity index (χ2v) is 7.50. The van der Waals surface area contributed by atoms with E-state index in [1.54, 1.807) is 42.5 Å². The number of guanidine groups is 1. The zero-order valence-electron chi connectivity index (χ0n) is 17.5. The van der Waals surface area contributed by atoms with E-state index in [1.807, 2.05) is 31.2 Å². The van der Waals surface area contributed by atoms with Crippen molar-refractivity contribution in [3.05, 3.63) is 88.4 Å². The SMILES string of the molecule is Cc1ccccc1NC(=O)CCc1ccc(OC(=O)c2ccc(N=C(N)N)cc2)cc1Cl. The molecule has 0 unspecified atom stereocenters. The second-order valence-electron chi connectivity index (χ2n) is 7.09. The van der Waals surface area contributed by atoms with Crippen LogP contribution in [0.2, 0.25) is 5.02 Å². The van der Waals surface area contributed by atoms with Crippen LogP contribution >= 0.6 is 11.6 Å². The standard InChI is InChI=1S/C24H23ClN4O3/c1-15-4-2-3-5-21(15)29-22(30)13-9-16-8-12-19(14-20(16)25)32-23(31)17-6-10-18(11-7-17)28-24(26)27/h2-8,10-12,14H,9,13H2,1H3,(H,29,30)(H4,26,27,28). The average Bonchev–Trinajstić information content (AvgIpc) is 2.75. The van der Waals surface area contributed by atoms with Crippen LogP contribution in [0.4, 0.5) is 11.4 Å². The van der Waals surface area contributed by atoms with Gasteiger partial charge in [0.05, 0.1) is 11.3 Å². The van der Waals surface area contributed by atoms with Crippen molar-refractivity contribution in [1.29, 1.82) is 0 Å². The molecule has 8 heteroatoms. The summed E-state index contributed by atoms with van der Waals surface area (Å²) in [5.41, 5.74) is 14.1. The molecule has 7 nitrogen and oxygen atoms in total. The number of halogens is 1. The lowest BCUT2D eigenvalue weighted by Gasteiger charge is -2.10. The topological polar surface area (TPSA) is 120 Å². The Kier molecular flexibility index (Phi) is 7.46. The molecule has 0 saturated carbocycles. The van der Waals surface area contributed by atoms with E-state index in [9.17, 15) is 9.59 Å². The van der Waals surface area contributed by atoms with E-state index in [0.717, 1.165) is 16.8 Å². The molecule has 3 rings (SSSR count). The predicted octanol–water partition coefficient (Wildman–Crippen LogP) is 4.34. The van der Waals surface area contributed by atoms with Gasteiger partial charge in [-0.05, 0) is 66.9 Å². The first-order chi connectivity index (χ1) is 15.3. The third-order valence-corrected chi connectivity index (χ3v) is 4.99. The fourth-order valence-electron chi connectivity index (χ4n) is 2.96. The van der Waals surface area contributed by atoms with Gasteiger partial charge in [0.1, 0.15) is 5.75 Å². The summed E-state index contributed by atoms with van der Waals surface area (Å²) in [6.07, 6.45) is 0.729. The number of carbonyl (C=O) groups is 2. The van der Waals surface area contributed by atoms with Gasteiger partial charge in [-0.1, -0.05) is 35.9 Å². The first-order valence-electron chi connectivity index (χ1n) is 9.87. The number of aliphatic imine (C=N–C) groups is 1. The Morgan fingerprint density at radius 2 is 1.75 bits per heavy atom. The Morgan fingerprint density at radius 3 is 2.41 bits per heavy atom. The molecule has 0 aliphatic carbocycles. The summed E-state index contributed by atoms with van der Waals surface area (Å²) in [4.78, 5) is 28.5. The van der Waals surface area contributed by atoms with Crippen LogP contribution in [0.5, 0.6) is 5.75 Å². The lowest BCUT2D eigenvalue weighted by molar-refractivity contribution is -0.116. The number of nitrogens with one attached hydrogen (secondary N) is 1. The molecule has 3 aromatic rings. The van der Waals surface area contributed by atoms with Gasteiger partial charge >= 0.3 is 5.97 Å². The summed E-state index contributed by atoms with van der Waals surface area (Å²) in [6.45, 7) is 1.94. The molecule has 164 valence electrons. The third kappa shape index (κ3) is 6.33. The molecule has 0 aliphatic rings. The molecule has 0 heterocycles. The number of amides is 1. The number of rotatable bonds is 7. The molecular formula is C24H23ClN4O3. The molecule has 0 aromatic heterocycles. The molecule has 3 aromatic carbocycles. The highest BCUT2D eigenvalue weighted by Crippen LogP contribution is 2.25. The van der Waals surface area contributed by atoms with Gasteiger partial charge in [0.25, 0.3) is 0 Å². The van der Waals surface area contributed by atoms with Crippen LogP contribution in [0.1, 0.15) is 27.9 Å². The summed E-state index contributed by atoms with van der Waals surface area (Å²) < 4.78 is 5.39. The summed E-state index contributed by atoms with van der Waals surface area (Å²) in [6, 6.07) is 18.9. The van der Waals surface area contributed by atoms with Crippen LogP contribution in [0, 0.1) is 6.92 Å². The van der Waals surface area contributed by atoms with E-state index in [2.05, 4.69) is 10.3 Å². The third-order valence-electron chi connectivity index (χ3n) is 4.64. The van der Waals surface area contributed by atoms with Crippen LogP contribution in [0.25, 0.3) is 0 Å². The number of hydrogen-bond donors (Lipinski definition) is 3. The van der Waals surface area contributed by atoms with Gasteiger partial charge in [-0.3, -0.25) is 4.79 Å². The van der Waals surface area contributed by atoms with Crippen LogP contribution in [-0.4, -0.2) is 17.8 Å². The van der Waals surface area contributed by atoms with Gasteiger partial charge in [-0.2, -0.15) is 0 Å². The van der Waals surface area contributed by atoms with Crippen LogP contribution < -0.4 is 21.5 Å². The highest BCUT2D eigenvalue weighted by atomic mass is 35.5. The monoisotopic (exact) mass is 450 g/mol. The molecule has 0 fully saturated rings. The average molecular weight is 451 g/mol. The molecule has 0 saturated heterocycles. The fraction of sp³-hybridized carbons (Fsp3) is 0.125. The molecule has 0 radical (unpaired) electrons. The first-order valence-corrected chi connectivity index (χ1v) is 10.3. The Hall–Kier alpha value is -3.84. The maximum absolute atomic E-state index is 12.4. The summed E-state index contributed by atoms with van der Waals surface area (Å²) in [5.74, 6) is -0.401. The maximum atomic E-state index is 12.4. The Balaban J connectivity index is 1.57.